The van der Waals surface area contributed by atoms with Crippen molar-refractivity contribution in [3.8, 4) is 0 Å². The minimum Gasteiger partial charge on any atom is -0.391 e. The summed E-state index contributed by atoms with van der Waals surface area (Å²) in [5.74, 6) is 0. The van der Waals surface area contributed by atoms with Gasteiger partial charge in [0.1, 0.15) is 0 Å². The van der Waals surface area contributed by atoms with E-state index in [1.165, 1.54) is 0 Å². The maximum atomic E-state index is 12.1. The van der Waals surface area contributed by atoms with Crippen LogP contribution in [0.3, 0.4) is 0 Å². The Kier molecular flexibility index (Phi) is 4.23. The summed E-state index contributed by atoms with van der Waals surface area (Å²) < 4.78 is 24.9. The van der Waals surface area contributed by atoms with Crippen LogP contribution in [0.25, 0.3) is 0 Å². The molecular formula is C13H18BrNO3S. The first-order valence-electron chi connectivity index (χ1n) is 6.29. The van der Waals surface area contributed by atoms with E-state index in [1.807, 2.05) is 0 Å². The van der Waals surface area contributed by atoms with Crippen molar-refractivity contribution in [2.75, 3.05) is 18.0 Å². The molecule has 2 rings (SSSR count). The Hall–Kier alpha value is -0.590. The van der Waals surface area contributed by atoms with Gasteiger partial charge in [0.25, 0.3) is 0 Å². The Labute approximate surface area is 122 Å². The first-order chi connectivity index (χ1) is 8.82. The van der Waals surface area contributed by atoms with Crippen molar-refractivity contribution < 1.29 is 13.5 Å². The topological polar surface area (TPSA) is 57.6 Å². The van der Waals surface area contributed by atoms with Gasteiger partial charge in [0.05, 0.1) is 21.9 Å². The normalized spacial score (nSPS) is 20.3. The van der Waals surface area contributed by atoms with Crippen LogP contribution in [0.1, 0.15) is 20.3 Å². The van der Waals surface area contributed by atoms with Crippen LogP contribution in [0.5, 0.6) is 0 Å². The van der Waals surface area contributed by atoms with Crippen molar-refractivity contribution in [1.82, 2.24) is 0 Å². The van der Waals surface area contributed by atoms with E-state index >= 15 is 0 Å². The molecule has 1 heterocycles. The second-order valence-electron chi connectivity index (χ2n) is 5.10. The molecule has 6 heteroatoms. The summed E-state index contributed by atoms with van der Waals surface area (Å²) in [4.78, 5) is 2.39. The summed E-state index contributed by atoms with van der Waals surface area (Å²) in [6.07, 6.45) is 0.448. The number of nitrogens with zero attached hydrogens (tertiary/aromatic N) is 1. The van der Waals surface area contributed by atoms with Gasteiger partial charge in [-0.3, -0.25) is 0 Å². The highest BCUT2D eigenvalue weighted by atomic mass is 79.9. The fraction of sp³-hybridized carbons (Fsp3) is 0.538. The van der Waals surface area contributed by atoms with Gasteiger partial charge in [-0.05, 0) is 54.4 Å². The van der Waals surface area contributed by atoms with Gasteiger partial charge in [-0.2, -0.15) is 0 Å². The molecule has 1 N–H and O–H groups in total. The lowest BCUT2D eigenvalue weighted by molar-refractivity contribution is 0.198. The molecular weight excluding hydrogens is 330 g/mol. The van der Waals surface area contributed by atoms with E-state index in [1.54, 1.807) is 32.0 Å². The number of aliphatic hydroxyl groups excluding tert-OH is 1. The minimum atomic E-state index is -3.25. The molecule has 0 bridgehead atoms. The summed E-state index contributed by atoms with van der Waals surface area (Å²) in [7, 11) is -3.25. The highest BCUT2D eigenvalue weighted by Gasteiger charge is 2.24. The highest BCUT2D eigenvalue weighted by Crippen LogP contribution is 2.32. The molecule has 0 aromatic heterocycles. The van der Waals surface area contributed by atoms with Crippen LogP contribution in [-0.4, -0.2) is 38.0 Å². The molecule has 106 valence electrons. The molecule has 0 radical (unpaired) electrons. The maximum Gasteiger partial charge on any atom is 0.180 e. The fourth-order valence-electron chi connectivity index (χ4n) is 2.15. The Morgan fingerprint density at radius 3 is 2.58 bits per heavy atom. The molecule has 1 aliphatic rings. The van der Waals surface area contributed by atoms with Crippen LogP contribution in [0.4, 0.5) is 5.69 Å². The lowest BCUT2D eigenvalue weighted by atomic mass is 10.3. The Morgan fingerprint density at radius 1 is 1.42 bits per heavy atom. The number of sulfone groups is 1. The third kappa shape index (κ3) is 2.95. The van der Waals surface area contributed by atoms with E-state index < -0.39 is 15.1 Å². The molecule has 0 spiro atoms. The van der Waals surface area contributed by atoms with E-state index in [0.29, 0.717) is 11.4 Å². The van der Waals surface area contributed by atoms with Crippen molar-refractivity contribution in [2.24, 2.45) is 0 Å². The summed E-state index contributed by atoms with van der Waals surface area (Å²) in [6, 6.07) is 5.09. The van der Waals surface area contributed by atoms with Crippen molar-refractivity contribution in [3.05, 3.63) is 22.7 Å². The number of halogens is 1. The summed E-state index contributed by atoms with van der Waals surface area (Å²) in [6.45, 7) is 4.73. The lowest BCUT2D eigenvalue weighted by Crippen LogP contribution is -2.22. The van der Waals surface area contributed by atoms with E-state index in [-0.39, 0.29) is 6.10 Å². The molecule has 4 nitrogen and oxygen atoms in total. The number of aliphatic hydroxyl groups is 1. The van der Waals surface area contributed by atoms with Crippen LogP contribution >= 0.6 is 15.9 Å². The molecule has 19 heavy (non-hydrogen) atoms. The van der Waals surface area contributed by atoms with Gasteiger partial charge in [0.15, 0.2) is 9.84 Å². The number of hydrogen-bond donors (Lipinski definition) is 1. The number of hydrogen-bond acceptors (Lipinski definition) is 4. The number of rotatable bonds is 3. The van der Waals surface area contributed by atoms with Crippen LogP contribution in [-0.2, 0) is 9.84 Å². The predicted octanol–water partition coefficient (Wildman–Crippen LogP) is 2.20. The molecule has 1 aliphatic heterocycles. The molecule has 1 saturated heterocycles. The van der Waals surface area contributed by atoms with E-state index in [2.05, 4.69) is 20.8 Å². The second kappa shape index (κ2) is 5.42. The average Bonchev–Trinajstić information content (AvgIpc) is 2.75. The zero-order valence-electron chi connectivity index (χ0n) is 11.0. The molecule has 1 aromatic rings. The van der Waals surface area contributed by atoms with Gasteiger partial charge in [0, 0.05) is 17.6 Å². The maximum absolute atomic E-state index is 12.1. The Morgan fingerprint density at radius 2 is 2.11 bits per heavy atom. The van der Waals surface area contributed by atoms with Gasteiger partial charge in [-0.1, -0.05) is 0 Å². The zero-order chi connectivity index (χ0) is 14.2. The smallest absolute Gasteiger partial charge is 0.180 e. The quantitative estimate of drug-likeness (QED) is 0.910. The third-order valence-electron chi connectivity index (χ3n) is 3.37. The molecule has 0 unspecified atom stereocenters. The van der Waals surface area contributed by atoms with Gasteiger partial charge in [0.2, 0.25) is 0 Å². The minimum absolute atomic E-state index is 0.300. The summed E-state index contributed by atoms with van der Waals surface area (Å²) in [5.41, 5.74) is 0.930. The van der Waals surface area contributed by atoms with Crippen LogP contribution < -0.4 is 4.90 Å². The molecule has 0 saturated carbocycles. The SMILES string of the molecule is CC(C)S(=O)(=O)c1ccc(N2CC[C@H](O)C2)c(Br)c1. The van der Waals surface area contributed by atoms with Crippen LogP contribution in [0.2, 0.25) is 0 Å². The molecule has 0 amide bonds. The monoisotopic (exact) mass is 347 g/mol. The van der Waals surface area contributed by atoms with Crippen molar-refractivity contribution >= 4 is 31.5 Å². The zero-order valence-corrected chi connectivity index (χ0v) is 13.4. The van der Waals surface area contributed by atoms with Crippen molar-refractivity contribution in [3.63, 3.8) is 0 Å². The van der Waals surface area contributed by atoms with Crippen molar-refractivity contribution in [1.29, 1.82) is 0 Å². The fourth-order valence-corrected chi connectivity index (χ4v) is 4.02. The first-order valence-corrected chi connectivity index (χ1v) is 8.62. The highest BCUT2D eigenvalue weighted by molar-refractivity contribution is 9.10. The first kappa shape index (κ1) is 14.8. The predicted molar refractivity (Wildman–Crippen MR) is 79.3 cm³/mol. The van der Waals surface area contributed by atoms with E-state index in [4.69, 9.17) is 0 Å². The summed E-state index contributed by atoms with van der Waals surface area (Å²) >= 11 is 3.43. The second-order valence-corrected chi connectivity index (χ2v) is 8.45. The number of β-amino-alcohol motifs (C(OH)–C–C–N with tert-alkyl or cyclic N) is 1. The Bertz CT molecular complexity index is 571. The largest absolute Gasteiger partial charge is 0.391 e. The molecule has 1 aromatic carbocycles. The van der Waals surface area contributed by atoms with Crippen LogP contribution in [0.15, 0.2) is 27.6 Å². The summed E-state index contributed by atoms with van der Waals surface area (Å²) in [5, 5.41) is 9.12. The van der Waals surface area contributed by atoms with Crippen molar-refractivity contribution in [2.45, 2.75) is 36.5 Å². The third-order valence-corrected chi connectivity index (χ3v) is 6.16. The van der Waals surface area contributed by atoms with Crippen LogP contribution in [0, 0.1) is 0 Å². The average molecular weight is 348 g/mol. The number of anilines is 1. The van der Waals surface area contributed by atoms with E-state index in [9.17, 15) is 13.5 Å². The Balaban J connectivity index is 2.33. The van der Waals surface area contributed by atoms with Gasteiger partial charge < -0.3 is 10.0 Å². The van der Waals surface area contributed by atoms with Gasteiger partial charge in [-0.15, -0.1) is 0 Å². The molecule has 1 atom stereocenters. The standard InChI is InChI=1S/C13H18BrNO3S/c1-9(2)19(17,18)11-3-4-13(12(14)7-11)15-6-5-10(16)8-15/h3-4,7,9-10,16H,5-6,8H2,1-2H3/t10-/m0/s1. The molecule has 0 aliphatic carbocycles. The van der Waals surface area contributed by atoms with Gasteiger partial charge >= 0.3 is 0 Å². The van der Waals surface area contributed by atoms with E-state index in [0.717, 1.165) is 23.1 Å². The van der Waals surface area contributed by atoms with Gasteiger partial charge in [-0.25, -0.2) is 8.42 Å². The lowest BCUT2D eigenvalue weighted by Gasteiger charge is -2.20. The molecule has 1 fully saturated rings. The number of benzene rings is 1.